The van der Waals surface area contributed by atoms with Gasteiger partial charge in [0.05, 0.1) is 6.61 Å². The first-order chi connectivity index (χ1) is 30.6. The highest BCUT2D eigenvalue weighted by molar-refractivity contribution is 5.70. The second-order valence-corrected chi connectivity index (χ2v) is 19.0. The van der Waals surface area contributed by atoms with Crippen molar-refractivity contribution >= 4 is 11.9 Å². The molecule has 0 saturated heterocycles. The van der Waals surface area contributed by atoms with E-state index in [9.17, 15) is 14.7 Å². The Morgan fingerprint density at radius 3 is 0.968 bits per heavy atom. The molecule has 0 spiro atoms. The summed E-state index contributed by atoms with van der Waals surface area (Å²) >= 11 is 0. The molecule has 0 radical (unpaired) electrons. The van der Waals surface area contributed by atoms with Crippen molar-refractivity contribution < 1.29 is 24.2 Å². The molecule has 0 fully saturated rings. The van der Waals surface area contributed by atoms with Crippen molar-refractivity contribution in [2.24, 2.45) is 0 Å². The Morgan fingerprint density at radius 2 is 0.645 bits per heavy atom. The van der Waals surface area contributed by atoms with Crippen LogP contribution in [0, 0.1) is 0 Å². The highest BCUT2D eigenvalue weighted by atomic mass is 16.6. The molecule has 366 valence electrons. The van der Waals surface area contributed by atoms with Crippen LogP contribution in [0.4, 0.5) is 0 Å². The summed E-state index contributed by atoms with van der Waals surface area (Å²) in [5.74, 6) is -0.591. The molecule has 1 N–H and O–H groups in total. The largest absolute Gasteiger partial charge is 0.462 e. The smallest absolute Gasteiger partial charge is 0.306 e. The third-order valence-electron chi connectivity index (χ3n) is 12.7. The van der Waals surface area contributed by atoms with Crippen LogP contribution in [0.25, 0.3) is 0 Å². The highest BCUT2D eigenvalue weighted by Crippen LogP contribution is 2.18. The summed E-state index contributed by atoms with van der Waals surface area (Å²) in [5, 5.41) is 9.62. The maximum atomic E-state index is 12.2. The number of ether oxygens (including phenoxy) is 2. The standard InChI is InChI=1S/C57H108O5/c1-3-5-7-9-11-13-15-17-19-21-22-23-24-25-26-27-28-29-30-31-32-33-34-35-36-38-39-41-43-45-47-49-51-56(59)61-54-55(53-58)62-57(60)52-50-48-46-44-42-40-37-20-18-16-14-12-10-8-6-4-2/h14,16,20,37,55,58H,3-13,15,17-19,21-36,38-54H2,1-2H3/b16-14-,37-20-. The Hall–Kier alpha value is -1.62. The Bertz CT molecular complexity index is 943. The van der Waals surface area contributed by atoms with Gasteiger partial charge in [-0.3, -0.25) is 9.59 Å². The minimum atomic E-state index is -0.776. The summed E-state index contributed by atoms with van der Waals surface area (Å²) in [4.78, 5) is 24.4. The molecule has 5 nitrogen and oxygen atoms in total. The van der Waals surface area contributed by atoms with Crippen LogP contribution in [0.5, 0.6) is 0 Å². The minimum Gasteiger partial charge on any atom is -0.462 e. The molecule has 1 atom stereocenters. The second kappa shape index (κ2) is 53.7. The fourth-order valence-electron chi connectivity index (χ4n) is 8.53. The first kappa shape index (κ1) is 60.4. The van der Waals surface area contributed by atoms with Crippen LogP contribution in [0.3, 0.4) is 0 Å². The molecule has 0 aliphatic carbocycles. The molecular weight excluding hydrogens is 765 g/mol. The summed E-state index contributed by atoms with van der Waals surface area (Å²) in [6.07, 6.45) is 67.4. The summed E-state index contributed by atoms with van der Waals surface area (Å²) in [7, 11) is 0. The van der Waals surface area contributed by atoms with Crippen molar-refractivity contribution in [3.05, 3.63) is 24.3 Å². The molecule has 0 aliphatic rings. The topological polar surface area (TPSA) is 72.8 Å². The van der Waals surface area contributed by atoms with Crippen LogP contribution < -0.4 is 0 Å². The van der Waals surface area contributed by atoms with Crippen molar-refractivity contribution in [2.45, 2.75) is 315 Å². The van der Waals surface area contributed by atoms with Gasteiger partial charge in [0.2, 0.25) is 0 Å². The molecule has 5 heteroatoms. The van der Waals surface area contributed by atoms with E-state index in [1.165, 1.54) is 231 Å². The Morgan fingerprint density at radius 1 is 0.371 bits per heavy atom. The Kier molecular flexibility index (Phi) is 52.3. The van der Waals surface area contributed by atoms with Crippen LogP contribution >= 0.6 is 0 Å². The van der Waals surface area contributed by atoms with Crippen molar-refractivity contribution in [3.8, 4) is 0 Å². The van der Waals surface area contributed by atoms with Gasteiger partial charge >= 0.3 is 11.9 Å². The quantitative estimate of drug-likeness (QED) is 0.0374. The van der Waals surface area contributed by atoms with E-state index >= 15 is 0 Å². The van der Waals surface area contributed by atoms with Crippen LogP contribution in [0.2, 0.25) is 0 Å². The van der Waals surface area contributed by atoms with E-state index in [1.54, 1.807) is 0 Å². The third-order valence-corrected chi connectivity index (χ3v) is 12.7. The third kappa shape index (κ3) is 51.0. The number of aliphatic hydroxyl groups excluding tert-OH is 1. The van der Waals surface area contributed by atoms with Crippen molar-refractivity contribution in [1.29, 1.82) is 0 Å². The zero-order chi connectivity index (χ0) is 44.9. The zero-order valence-corrected chi connectivity index (χ0v) is 41.9. The average Bonchev–Trinajstić information content (AvgIpc) is 3.28. The number of hydrogen-bond acceptors (Lipinski definition) is 5. The summed E-state index contributed by atoms with van der Waals surface area (Å²) in [6.45, 7) is 4.15. The molecule has 0 heterocycles. The molecule has 0 bridgehead atoms. The first-order valence-corrected chi connectivity index (χ1v) is 27.9. The van der Waals surface area contributed by atoms with Crippen molar-refractivity contribution in [3.63, 3.8) is 0 Å². The average molecular weight is 873 g/mol. The predicted molar refractivity (Wildman–Crippen MR) is 270 cm³/mol. The van der Waals surface area contributed by atoms with Gasteiger partial charge in [-0.05, 0) is 44.9 Å². The molecule has 0 aromatic rings. The maximum Gasteiger partial charge on any atom is 0.306 e. The summed E-state index contributed by atoms with van der Waals surface area (Å²) in [5.41, 5.74) is 0. The van der Waals surface area contributed by atoms with E-state index in [-0.39, 0.29) is 25.2 Å². The lowest BCUT2D eigenvalue weighted by Crippen LogP contribution is -2.28. The number of rotatable bonds is 52. The van der Waals surface area contributed by atoms with Gasteiger partial charge in [-0.25, -0.2) is 0 Å². The van der Waals surface area contributed by atoms with Gasteiger partial charge in [0, 0.05) is 12.8 Å². The molecule has 1 unspecified atom stereocenters. The lowest BCUT2D eigenvalue weighted by atomic mass is 10.0. The number of allylic oxidation sites excluding steroid dienone is 4. The van der Waals surface area contributed by atoms with E-state index in [0.717, 1.165) is 51.4 Å². The normalized spacial score (nSPS) is 12.2. The van der Waals surface area contributed by atoms with Gasteiger partial charge in [-0.2, -0.15) is 0 Å². The predicted octanol–water partition coefficient (Wildman–Crippen LogP) is 18.5. The fourth-order valence-corrected chi connectivity index (χ4v) is 8.53. The van der Waals surface area contributed by atoms with Gasteiger partial charge in [-0.15, -0.1) is 0 Å². The van der Waals surface area contributed by atoms with E-state index in [1.807, 2.05) is 0 Å². The molecule has 0 saturated carbocycles. The molecule has 0 aromatic carbocycles. The van der Waals surface area contributed by atoms with E-state index in [2.05, 4.69) is 38.2 Å². The first-order valence-electron chi connectivity index (χ1n) is 27.9. The van der Waals surface area contributed by atoms with Gasteiger partial charge in [0.15, 0.2) is 6.10 Å². The monoisotopic (exact) mass is 873 g/mol. The van der Waals surface area contributed by atoms with Gasteiger partial charge in [-0.1, -0.05) is 276 Å². The molecule has 62 heavy (non-hydrogen) atoms. The van der Waals surface area contributed by atoms with E-state index in [4.69, 9.17) is 9.47 Å². The van der Waals surface area contributed by atoms with Crippen molar-refractivity contribution in [2.75, 3.05) is 13.2 Å². The SMILES string of the molecule is CCCCCC/C=C\C/C=C\CCCCCCCC(=O)OC(CO)COC(=O)CCCCCCCCCCCCCCCCCCCCCCCCCCCCCCCCCC. The lowest BCUT2D eigenvalue weighted by Gasteiger charge is -2.15. The summed E-state index contributed by atoms with van der Waals surface area (Å²) < 4.78 is 10.7. The van der Waals surface area contributed by atoms with Crippen molar-refractivity contribution in [1.82, 2.24) is 0 Å². The lowest BCUT2D eigenvalue weighted by molar-refractivity contribution is -0.161. The van der Waals surface area contributed by atoms with E-state index < -0.39 is 6.10 Å². The number of unbranched alkanes of at least 4 members (excludes halogenated alkanes) is 40. The molecule has 0 aromatic heterocycles. The van der Waals surface area contributed by atoms with Gasteiger partial charge < -0.3 is 14.6 Å². The highest BCUT2D eigenvalue weighted by Gasteiger charge is 2.16. The summed E-state index contributed by atoms with van der Waals surface area (Å²) in [6, 6.07) is 0. The zero-order valence-electron chi connectivity index (χ0n) is 41.9. The minimum absolute atomic E-state index is 0.0665. The Labute approximate surface area is 387 Å². The molecular formula is C57H108O5. The Balaban J connectivity index is 3.39. The number of esters is 2. The second-order valence-electron chi connectivity index (χ2n) is 19.0. The van der Waals surface area contributed by atoms with Crippen LogP contribution in [-0.2, 0) is 19.1 Å². The van der Waals surface area contributed by atoms with Crippen LogP contribution in [0.1, 0.15) is 309 Å². The van der Waals surface area contributed by atoms with Gasteiger partial charge in [0.25, 0.3) is 0 Å². The van der Waals surface area contributed by atoms with Gasteiger partial charge in [0.1, 0.15) is 6.61 Å². The number of carbonyl (C=O) groups is 2. The van der Waals surface area contributed by atoms with E-state index in [0.29, 0.717) is 12.8 Å². The number of aliphatic hydroxyl groups is 1. The molecule has 0 aliphatic heterocycles. The van der Waals surface area contributed by atoms with Crippen LogP contribution in [0.15, 0.2) is 24.3 Å². The number of carbonyl (C=O) groups excluding carboxylic acids is 2. The van der Waals surface area contributed by atoms with Crippen LogP contribution in [-0.4, -0.2) is 36.4 Å². The fraction of sp³-hybridized carbons (Fsp3) is 0.895. The molecule has 0 amide bonds. The number of hydrogen-bond donors (Lipinski definition) is 1. The molecule has 0 rings (SSSR count). The maximum absolute atomic E-state index is 12.2.